The molecule has 0 aromatic heterocycles. The van der Waals surface area contributed by atoms with E-state index in [9.17, 15) is 29.3 Å². The number of carbonyl (C=O) groups excluding carboxylic acids is 4. The topological polar surface area (TPSA) is 142 Å². The van der Waals surface area contributed by atoms with Crippen LogP contribution in [0.4, 0.5) is 5.69 Å². The molecule has 0 unspecified atom stereocenters. The van der Waals surface area contributed by atoms with Crippen molar-refractivity contribution < 1.29 is 33.6 Å². The molecule has 4 rings (SSSR count). The molecule has 1 aliphatic heterocycles. The number of nitro benzene ring substituents is 1. The highest BCUT2D eigenvalue weighted by Gasteiger charge is 2.43. The highest BCUT2D eigenvalue weighted by atomic mass is 16.6. The standard InChI is InChI=1S/C33H30N2O8/c1-5-42-32(38)28-26(30(36)22-11-7-19(3)8-12-22)25(21-15-17-24(18-16-21)35(40)41)27(29(34-28)33(39)43-6-2)31(37)23-13-9-20(4)10-14-23/h7-18,25,34H,5-6H2,1-4H3. The normalized spacial score (nSPS) is 13.3. The van der Waals surface area contributed by atoms with E-state index >= 15 is 0 Å². The van der Waals surface area contributed by atoms with E-state index in [0.29, 0.717) is 0 Å². The number of esters is 2. The maximum absolute atomic E-state index is 14.3. The Bertz CT molecular complexity index is 1550. The van der Waals surface area contributed by atoms with Gasteiger partial charge in [-0.25, -0.2) is 9.59 Å². The Labute approximate surface area is 248 Å². The van der Waals surface area contributed by atoms with Gasteiger partial charge in [-0.1, -0.05) is 71.8 Å². The van der Waals surface area contributed by atoms with Crippen LogP contribution >= 0.6 is 0 Å². The van der Waals surface area contributed by atoms with Gasteiger partial charge in [0.1, 0.15) is 11.4 Å². The Morgan fingerprint density at radius 1 is 0.698 bits per heavy atom. The summed E-state index contributed by atoms with van der Waals surface area (Å²) in [4.78, 5) is 66.2. The minimum Gasteiger partial charge on any atom is -0.461 e. The van der Waals surface area contributed by atoms with Crippen LogP contribution in [-0.2, 0) is 19.1 Å². The van der Waals surface area contributed by atoms with Crippen molar-refractivity contribution in [3.8, 4) is 0 Å². The molecule has 0 radical (unpaired) electrons. The second-order valence-corrected chi connectivity index (χ2v) is 9.82. The molecule has 0 amide bonds. The van der Waals surface area contributed by atoms with Gasteiger partial charge >= 0.3 is 11.9 Å². The van der Waals surface area contributed by atoms with Gasteiger partial charge in [0.25, 0.3) is 5.69 Å². The van der Waals surface area contributed by atoms with Crippen LogP contribution in [0.25, 0.3) is 0 Å². The summed E-state index contributed by atoms with van der Waals surface area (Å²) in [7, 11) is 0. The predicted molar refractivity (Wildman–Crippen MR) is 157 cm³/mol. The third kappa shape index (κ3) is 6.43. The molecule has 0 bridgehead atoms. The van der Waals surface area contributed by atoms with Crippen LogP contribution in [-0.4, -0.2) is 41.6 Å². The van der Waals surface area contributed by atoms with Gasteiger partial charge in [-0.2, -0.15) is 0 Å². The van der Waals surface area contributed by atoms with Gasteiger partial charge in [0, 0.05) is 40.3 Å². The highest BCUT2D eigenvalue weighted by molar-refractivity contribution is 6.20. The summed E-state index contributed by atoms with van der Waals surface area (Å²) in [6.45, 7) is 6.81. The summed E-state index contributed by atoms with van der Waals surface area (Å²) in [5.74, 6) is -4.35. The van der Waals surface area contributed by atoms with Crippen LogP contribution in [0.5, 0.6) is 0 Å². The second-order valence-electron chi connectivity index (χ2n) is 9.82. The van der Waals surface area contributed by atoms with Crippen LogP contribution in [0.3, 0.4) is 0 Å². The van der Waals surface area contributed by atoms with Crippen LogP contribution in [0.15, 0.2) is 95.3 Å². The number of allylic oxidation sites excluding steroid dienone is 2. The van der Waals surface area contributed by atoms with Gasteiger partial charge in [-0.15, -0.1) is 0 Å². The molecule has 3 aromatic carbocycles. The van der Waals surface area contributed by atoms with E-state index in [0.717, 1.165) is 11.1 Å². The number of ether oxygens (including phenoxy) is 2. The summed E-state index contributed by atoms with van der Waals surface area (Å²) in [5.41, 5.74) is 1.30. The maximum Gasteiger partial charge on any atom is 0.355 e. The number of aryl methyl sites for hydroxylation is 2. The number of carbonyl (C=O) groups is 4. The lowest BCUT2D eigenvalue weighted by molar-refractivity contribution is -0.384. The van der Waals surface area contributed by atoms with E-state index < -0.39 is 34.3 Å². The first-order chi connectivity index (χ1) is 20.6. The van der Waals surface area contributed by atoms with Crippen LogP contribution in [0, 0.1) is 24.0 Å². The number of dihydropyridines is 1. The van der Waals surface area contributed by atoms with Crippen molar-refractivity contribution in [2.75, 3.05) is 13.2 Å². The zero-order valence-electron chi connectivity index (χ0n) is 24.1. The van der Waals surface area contributed by atoms with Crippen molar-refractivity contribution >= 4 is 29.2 Å². The molecule has 10 nitrogen and oxygen atoms in total. The zero-order chi connectivity index (χ0) is 31.3. The lowest BCUT2D eigenvalue weighted by Gasteiger charge is -2.32. The van der Waals surface area contributed by atoms with Crippen molar-refractivity contribution in [3.05, 3.63) is 133 Å². The van der Waals surface area contributed by atoms with Gasteiger partial charge in [-0.05, 0) is 33.3 Å². The van der Waals surface area contributed by atoms with Crippen molar-refractivity contribution in [2.24, 2.45) is 0 Å². The fourth-order valence-corrected chi connectivity index (χ4v) is 4.75. The van der Waals surface area contributed by atoms with Crippen LogP contribution in [0.1, 0.15) is 57.2 Å². The SMILES string of the molecule is CCOC(=O)C1=C(C(=O)c2ccc(C)cc2)C(c2ccc([N+](=O)[O-])cc2)C(C(=O)c2ccc(C)cc2)=C(C(=O)OCC)N1. The largest absolute Gasteiger partial charge is 0.461 e. The van der Waals surface area contributed by atoms with Gasteiger partial charge in [0.05, 0.1) is 18.1 Å². The van der Waals surface area contributed by atoms with Gasteiger partial charge < -0.3 is 14.8 Å². The average Bonchev–Trinajstić information content (AvgIpc) is 3.00. The molecule has 43 heavy (non-hydrogen) atoms. The van der Waals surface area contributed by atoms with Crippen LogP contribution < -0.4 is 5.32 Å². The minimum atomic E-state index is -1.30. The number of rotatable bonds is 10. The molecular weight excluding hydrogens is 552 g/mol. The Hall–Kier alpha value is -5.38. The molecule has 3 aromatic rings. The minimum absolute atomic E-state index is 0.0359. The molecule has 0 spiro atoms. The number of nitrogens with one attached hydrogen (secondary N) is 1. The molecule has 0 saturated carbocycles. The fourth-order valence-electron chi connectivity index (χ4n) is 4.75. The Balaban J connectivity index is 2.08. The van der Waals surface area contributed by atoms with Crippen molar-refractivity contribution in [1.82, 2.24) is 5.32 Å². The molecule has 1 heterocycles. The van der Waals surface area contributed by atoms with E-state index in [4.69, 9.17) is 9.47 Å². The molecule has 0 atom stereocenters. The first-order valence-electron chi connectivity index (χ1n) is 13.6. The van der Waals surface area contributed by atoms with E-state index in [1.165, 1.54) is 24.3 Å². The number of non-ortho nitro benzene ring substituents is 1. The number of nitro groups is 1. The third-order valence-corrected chi connectivity index (χ3v) is 6.88. The molecule has 1 aliphatic rings. The first-order valence-corrected chi connectivity index (χ1v) is 13.6. The second kappa shape index (κ2) is 13.1. The Morgan fingerprint density at radius 3 is 1.44 bits per heavy atom. The molecule has 0 fully saturated rings. The number of hydrogen-bond acceptors (Lipinski definition) is 9. The van der Waals surface area contributed by atoms with E-state index in [2.05, 4.69) is 5.32 Å². The number of Topliss-reactive ketones (excluding diaryl/α,β-unsaturated/α-hetero) is 2. The molecule has 1 N–H and O–H groups in total. The van der Waals surface area contributed by atoms with Crippen molar-refractivity contribution in [2.45, 2.75) is 33.6 Å². The third-order valence-electron chi connectivity index (χ3n) is 6.88. The fraction of sp³-hybridized carbons (Fsp3) is 0.212. The lowest BCUT2D eigenvalue weighted by atomic mass is 9.74. The van der Waals surface area contributed by atoms with Gasteiger partial charge in [-0.3, -0.25) is 19.7 Å². The molecule has 0 aliphatic carbocycles. The summed E-state index contributed by atoms with van der Waals surface area (Å²) in [6, 6.07) is 18.5. The zero-order valence-corrected chi connectivity index (χ0v) is 24.1. The maximum atomic E-state index is 14.3. The molecular formula is C33H30N2O8. The summed E-state index contributed by atoms with van der Waals surface area (Å²) in [6.07, 6.45) is 0. The highest BCUT2D eigenvalue weighted by Crippen LogP contribution is 2.42. The van der Waals surface area contributed by atoms with Crippen LogP contribution in [0.2, 0.25) is 0 Å². The lowest BCUT2D eigenvalue weighted by Crippen LogP contribution is -2.39. The smallest absolute Gasteiger partial charge is 0.355 e. The van der Waals surface area contributed by atoms with Crippen molar-refractivity contribution in [1.29, 1.82) is 0 Å². The van der Waals surface area contributed by atoms with Gasteiger partial charge in [0.15, 0.2) is 11.6 Å². The summed E-state index contributed by atoms with van der Waals surface area (Å²) in [5, 5.41) is 14.2. The quantitative estimate of drug-likeness (QED) is 0.146. The van der Waals surface area contributed by atoms with E-state index in [1.807, 2.05) is 13.8 Å². The first kappa shape index (κ1) is 30.6. The van der Waals surface area contributed by atoms with E-state index in [-0.39, 0.29) is 58.1 Å². The number of ketones is 2. The Morgan fingerprint density at radius 2 is 1.09 bits per heavy atom. The molecule has 10 heteroatoms. The van der Waals surface area contributed by atoms with Gasteiger partial charge in [0.2, 0.25) is 0 Å². The predicted octanol–water partition coefficient (Wildman–Crippen LogP) is 5.30. The number of nitrogens with zero attached hydrogens (tertiary/aromatic N) is 1. The monoisotopic (exact) mass is 582 g/mol. The summed E-state index contributed by atoms with van der Waals surface area (Å²) >= 11 is 0. The van der Waals surface area contributed by atoms with E-state index in [1.54, 1.807) is 62.4 Å². The summed E-state index contributed by atoms with van der Waals surface area (Å²) < 4.78 is 10.5. The number of benzene rings is 3. The average molecular weight is 583 g/mol. The Kier molecular flexibility index (Phi) is 9.29. The number of hydrogen-bond donors (Lipinski definition) is 1. The molecule has 220 valence electrons. The van der Waals surface area contributed by atoms with Crippen molar-refractivity contribution in [3.63, 3.8) is 0 Å². The molecule has 0 saturated heterocycles.